The molecule has 0 fully saturated rings. The van der Waals surface area contributed by atoms with Crippen LogP contribution in [0.1, 0.15) is 32.9 Å². The summed E-state index contributed by atoms with van der Waals surface area (Å²) in [7, 11) is 1.56. The van der Waals surface area contributed by atoms with E-state index in [2.05, 4.69) is 27.4 Å². The van der Waals surface area contributed by atoms with Gasteiger partial charge in [0.05, 0.1) is 23.9 Å². The van der Waals surface area contributed by atoms with Crippen LogP contribution >= 0.6 is 0 Å². The van der Waals surface area contributed by atoms with Gasteiger partial charge in [0.25, 0.3) is 0 Å². The van der Waals surface area contributed by atoms with Gasteiger partial charge in [-0.2, -0.15) is 5.10 Å². The smallest absolute Gasteiger partial charge is 0.158 e. The Labute approximate surface area is 131 Å². The maximum absolute atomic E-state index is 9.67. The third-order valence-corrected chi connectivity index (χ3v) is 2.96. The number of nitrogens with one attached hydrogen (secondary N) is 1. The van der Waals surface area contributed by atoms with Gasteiger partial charge < -0.3 is 15.2 Å². The monoisotopic (exact) mass is 306 g/mol. The van der Waals surface area contributed by atoms with Crippen molar-refractivity contribution in [1.29, 1.82) is 0 Å². The van der Waals surface area contributed by atoms with Gasteiger partial charge in [0.2, 0.25) is 0 Å². The van der Waals surface area contributed by atoms with Gasteiger partial charge >= 0.3 is 0 Å². The zero-order valence-electron chi connectivity index (χ0n) is 13.8. The molecule has 0 saturated heterocycles. The van der Waals surface area contributed by atoms with Gasteiger partial charge in [-0.25, -0.2) is 0 Å². The predicted molar refractivity (Wildman–Crippen MR) is 89.0 cm³/mol. The van der Waals surface area contributed by atoms with Gasteiger partial charge in [-0.1, -0.05) is 27.2 Å². The largest absolute Gasteiger partial charge is 0.389 e. The molecule has 0 spiro atoms. The van der Waals surface area contributed by atoms with E-state index in [1.807, 2.05) is 26.0 Å². The molecule has 0 bridgehead atoms. The number of fused-ring (bicyclic) bond motifs is 1. The average Bonchev–Trinajstić information content (AvgIpc) is 2.56. The molecule has 1 unspecified atom stereocenters. The fraction of sp³-hybridized carbons (Fsp3) is 0.562. The first-order chi connectivity index (χ1) is 10.8. The number of hydrogen-bond donors (Lipinski definition) is 2. The van der Waals surface area contributed by atoms with Crippen molar-refractivity contribution in [3.05, 3.63) is 24.0 Å². The Hall–Kier alpha value is -1.79. The highest BCUT2D eigenvalue weighted by atomic mass is 16.5. The molecule has 0 aliphatic carbocycles. The number of nitrogens with zero attached hydrogens (tertiary/aromatic N) is 3. The molecule has 1 atom stereocenters. The van der Waals surface area contributed by atoms with Crippen molar-refractivity contribution >= 4 is 16.7 Å². The van der Waals surface area contributed by atoms with E-state index in [0.717, 1.165) is 29.4 Å². The van der Waals surface area contributed by atoms with Crippen molar-refractivity contribution < 1.29 is 9.84 Å². The van der Waals surface area contributed by atoms with E-state index in [4.69, 9.17) is 4.74 Å². The number of aryl methyl sites for hydroxylation is 1. The van der Waals surface area contributed by atoms with E-state index in [0.29, 0.717) is 12.4 Å². The van der Waals surface area contributed by atoms with Crippen LogP contribution in [-0.4, -0.2) is 46.7 Å². The van der Waals surface area contributed by atoms with Gasteiger partial charge in [0.15, 0.2) is 5.82 Å². The Morgan fingerprint density at radius 3 is 2.77 bits per heavy atom. The van der Waals surface area contributed by atoms with Crippen LogP contribution in [0.5, 0.6) is 0 Å². The molecule has 122 valence electrons. The molecule has 0 aliphatic heterocycles. The standard InChI is InChI=1S/C14H20N4O2.C2H6/c1-3-5-12-13-11(6-4-7-15-13)14(18-17-12)16-8-10(19)9-20-2;1-2/h4,6-7,10,19H,3,5,8-9H2,1-2H3,(H,16,18);1-2H3. The van der Waals surface area contributed by atoms with E-state index >= 15 is 0 Å². The molecule has 2 N–H and O–H groups in total. The fourth-order valence-corrected chi connectivity index (χ4v) is 2.04. The molecule has 0 amide bonds. The third-order valence-electron chi connectivity index (χ3n) is 2.96. The zero-order chi connectivity index (χ0) is 16.4. The predicted octanol–water partition coefficient (Wildman–Crippen LogP) is 2.42. The number of anilines is 1. The molecule has 0 radical (unpaired) electrons. The number of pyridine rings is 1. The summed E-state index contributed by atoms with van der Waals surface area (Å²) in [6.45, 7) is 6.74. The maximum Gasteiger partial charge on any atom is 0.158 e. The second-order valence-electron chi connectivity index (χ2n) is 4.63. The summed E-state index contributed by atoms with van der Waals surface area (Å²) in [5.41, 5.74) is 1.78. The first-order valence-electron chi connectivity index (χ1n) is 7.77. The van der Waals surface area contributed by atoms with Crippen molar-refractivity contribution in [1.82, 2.24) is 15.2 Å². The Morgan fingerprint density at radius 1 is 1.32 bits per heavy atom. The van der Waals surface area contributed by atoms with E-state index in [9.17, 15) is 5.11 Å². The minimum absolute atomic E-state index is 0.282. The van der Waals surface area contributed by atoms with Crippen LogP contribution in [-0.2, 0) is 11.2 Å². The van der Waals surface area contributed by atoms with Crippen LogP contribution < -0.4 is 5.32 Å². The van der Waals surface area contributed by atoms with Crippen LogP contribution in [0.4, 0.5) is 5.82 Å². The molecule has 6 nitrogen and oxygen atoms in total. The Morgan fingerprint density at radius 2 is 2.09 bits per heavy atom. The van der Waals surface area contributed by atoms with Crippen LogP contribution in [0.15, 0.2) is 18.3 Å². The number of aliphatic hydroxyl groups is 1. The first-order valence-corrected chi connectivity index (χ1v) is 7.77. The second-order valence-corrected chi connectivity index (χ2v) is 4.63. The van der Waals surface area contributed by atoms with Crippen LogP contribution in [0.3, 0.4) is 0 Å². The number of aromatic nitrogens is 3. The number of hydrogen-bond acceptors (Lipinski definition) is 6. The summed E-state index contributed by atoms with van der Waals surface area (Å²) >= 11 is 0. The SMILES string of the molecule is CC.CCCc1nnc(NCC(O)COC)c2cccnc12. The maximum atomic E-state index is 9.67. The van der Waals surface area contributed by atoms with Gasteiger partial charge in [-0.05, 0) is 18.6 Å². The molecule has 22 heavy (non-hydrogen) atoms. The molecule has 0 saturated carbocycles. The molecule has 2 heterocycles. The van der Waals surface area contributed by atoms with E-state index < -0.39 is 6.10 Å². The summed E-state index contributed by atoms with van der Waals surface area (Å²) in [5.74, 6) is 0.642. The minimum Gasteiger partial charge on any atom is -0.389 e. The summed E-state index contributed by atoms with van der Waals surface area (Å²) in [5, 5.41) is 22.1. The third kappa shape index (κ3) is 4.89. The lowest BCUT2D eigenvalue weighted by molar-refractivity contribution is 0.0727. The lowest BCUT2D eigenvalue weighted by Gasteiger charge is -2.13. The highest BCUT2D eigenvalue weighted by Gasteiger charge is 2.11. The van der Waals surface area contributed by atoms with Crippen molar-refractivity contribution in [2.45, 2.75) is 39.7 Å². The first kappa shape index (κ1) is 18.3. The van der Waals surface area contributed by atoms with Crippen molar-refractivity contribution in [2.24, 2.45) is 0 Å². The average molecular weight is 306 g/mol. The Balaban J connectivity index is 0.00000116. The van der Waals surface area contributed by atoms with E-state index in [1.165, 1.54) is 0 Å². The van der Waals surface area contributed by atoms with Crippen molar-refractivity contribution in [3.63, 3.8) is 0 Å². The molecular weight excluding hydrogens is 280 g/mol. The number of aliphatic hydroxyl groups excluding tert-OH is 1. The van der Waals surface area contributed by atoms with Gasteiger partial charge in [0, 0.05) is 25.2 Å². The number of rotatable bonds is 7. The summed E-state index contributed by atoms with van der Waals surface area (Å²) in [4.78, 5) is 4.39. The Kier molecular flexibility index (Phi) is 8.32. The lowest BCUT2D eigenvalue weighted by atomic mass is 10.1. The number of ether oxygens (including phenoxy) is 1. The second kappa shape index (κ2) is 10.0. The lowest BCUT2D eigenvalue weighted by Crippen LogP contribution is -2.24. The summed E-state index contributed by atoms with van der Waals surface area (Å²) in [6, 6.07) is 3.83. The summed E-state index contributed by atoms with van der Waals surface area (Å²) < 4.78 is 4.89. The van der Waals surface area contributed by atoms with E-state index in [-0.39, 0.29) is 6.61 Å². The molecule has 2 aromatic heterocycles. The van der Waals surface area contributed by atoms with Gasteiger partial charge in [-0.3, -0.25) is 4.98 Å². The quantitative estimate of drug-likeness (QED) is 0.818. The van der Waals surface area contributed by atoms with E-state index in [1.54, 1.807) is 13.3 Å². The molecule has 0 aromatic carbocycles. The molecule has 6 heteroatoms. The fourth-order valence-electron chi connectivity index (χ4n) is 2.04. The van der Waals surface area contributed by atoms with Crippen LogP contribution in [0, 0.1) is 0 Å². The summed E-state index contributed by atoms with van der Waals surface area (Å²) in [6.07, 6.45) is 3.03. The van der Waals surface area contributed by atoms with Gasteiger partial charge in [0.1, 0.15) is 0 Å². The molecular formula is C16H26N4O2. The molecule has 0 aliphatic rings. The zero-order valence-corrected chi connectivity index (χ0v) is 13.8. The van der Waals surface area contributed by atoms with Crippen LogP contribution in [0.2, 0.25) is 0 Å². The Bertz CT molecular complexity index is 563. The van der Waals surface area contributed by atoms with Gasteiger partial charge in [-0.15, -0.1) is 5.10 Å². The van der Waals surface area contributed by atoms with Crippen molar-refractivity contribution in [2.75, 3.05) is 25.6 Å². The minimum atomic E-state index is -0.580. The topological polar surface area (TPSA) is 80.2 Å². The molecule has 2 rings (SSSR count). The highest BCUT2D eigenvalue weighted by Crippen LogP contribution is 2.21. The number of methoxy groups -OCH3 is 1. The highest BCUT2D eigenvalue weighted by molar-refractivity contribution is 5.89. The molecule has 2 aromatic rings. The van der Waals surface area contributed by atoms with Crippen molar-refractivity contribution in [3.8, 4) is 0 Å². The van der Waals surface area contributed by atoms with Crippen LogP contribution in [0.25, 0.3) is 10.9 Å². The normalized spacial score (nSPS) is 11.7.